The van der Waals surface area contributed by atoms with Crippen LogP contribution >= 0.6 is 11.3 Å². The molecule has 158 valence electrons. The zero-order valence-electron chi connectivity index (χ0n) is 16.8. The molecule has 3 N–H and O–H groups in total. The fourth-order valence-electron chi connectivity index (χ4n) is 4.85. The number of nitrogens with one attached hydrogen (secondary N) is 1. The van der Waals surface area contributed by atoms with Gasteiger partial charge in [0.25, 0.3) is 0 Å². The number of rotatable bonds is 6. The number of aryl methyl sites for hydroxylation is 2. The van der Waals surface area contributed by atoms with Crippen molar-refractivity contribution in [2.45, 2.75) is 38.3 Å². The Hall–Kier alpha value is -2.55. The molecule has 0 saturated carbocycles. The number of carboxylic acids is 1. The first-order valence-corrected chi connectivity index (χ1v) is 10.9. The second-order valence-corrected chi connectivity index (χ2v) is 8.70. The highest BCUT2D eigenvalue weighted by Crippen LogP contribution is 2.51. The Kier molecular flexibility index (Phi) is 5.25. The van der Waals surface area contributed by atoms with Gasteiger partial charge in [-0.25, -0.2) is 4.90 Å². The molecule has 3 heterocycles. The molecule has 0 aliphatic carbocycles. The Bertz CT molecular complexity index is 983. The van der Waals surface area contributed by atoms with Gasteiger partial charge in [-0.05, 0) is 35.4 Å². The molecule has 2 aromatic rings. The van der Waals surface area contributed by atoms with Crippen molar-refractivity contribution in [1.29, 1.82) is 0 Å². The lowest BCUT2D eigenvalue weighted by atomic mass is 9.80. The Morgan fingerprint density at radius 3 is 2.30 bits per heavy atom. The molecule has 1 aromatic heterocycles. The van der Waals surface area contributed by atoms with E-state index in [0.29, 0.717) is 18.5 Å². The van der Waals surface area contributed by atoms with Gasteiger partial charge >= 0.3 is 5.97 Å². The maximum absolute atomic E-state index is 13.7. The lowest BCUT2D eigenvalue weighted by Gasteiger charge is -2.30. The number of para-hydroxylation sites is 1. The maximum atomic E-state index is 13.7. The van der Waals surface area contributed by atoms with Gasteiger partial charge in [0.2, 0.25) is 11.8 Å². The van der Waals surface area contributed by atoms with Gasteiger partial charge in [0, 0.05) is 4.88 Å². The third-order valence-electron chi connectivity index (χ3n) is 6.32. The molecule has 4 atom stereocenters. The number of aliphatic hydroxyl groups excluding tert-OH is 1. The SMILES string of the molecule is CCc1cccc(CC)c1N1C(=O)C2C(c3cccs3)NC(CO)(C(=O)O)C2C1=O. The number of hydrogen-bond acceptors (Lipinski definition) is 6. The first kappa shape index (κ1) is 20.7. The number of hydrogen-bond donors (Lipinski definition) is 3. The molecule has 30 heavy (non-hydrogen) atoms. The van der Waals surface area contributed by atoms with Gasteiger partial charge in [-0.3, -0.25) is 19.7 Å². The number of carbonyl (C=O) groups excluding carboxylic acids is 2. The average Bonchev–Trinajstić information content (AvgIpc) is 3.44. The Labute approximate surface area is 178 Å². The van der Waals surface area contributed by atoms with E-state index in [9.17, 15) is 24.6 Å². The number of nitrogens with zero attached hydrogens (tertiary/aromatic N) is 1. The van der Waals surface area contributed by atoms with Crippen LogP contribution in [-0.2, 0) is 27.2 Å². The number of aliphatic hydroxyl groups is 1. The van der Waals surface area contributed by atoms with Crippen LogP contribution in [-0.4, -0.2) is 40.1 Å². The van der Waals surface area contributed by atoms with Crippen LogP contribution in [0.4, 0.5) is 5.69 Å². The number of carbonyl (C=O) groups is 3. The van der Waals surface area contributed by atoms with Crippen molar-refractivity contribution < 1.29 is 24.6 Å². The zero-order valence-corrected chi connectivity index (χ0v) is 17.6. The van der Waals surface area contributed by atoms with E-state index in [2.05, 4.69) is 5.32 Å². The summed E-state index contributed by atoms with van der Waals surface area (Å²) in [6.07, 6.45) is 1.26. The summed E-state index contributed by atoms with van der Waals surface area (Å²) in [5.41, 5.74) is 0.381. The molecule has 2 aliphatic rings. The molecule has 2 amide bonds. The van der Waals surface area contributed by atoms with Crippen molar-refractivity contribution in [3.8, 4) is 0 Å². The highest BCUT2D eigenvalue weighted by atomic mass is 32.1. The third-order valence-corrected chi connectivity index (χ3v) is 7.28. The summed E-state index contributed by atoms with van der Waals surface area (Å²) in [6, 6.07) is 8.64. The summed E-state index contributed by atoms with van der Waals surface area (Å²) in [5.74, 6) is -4.39. The number of aliphatic carboxylic acids is 1. The van der Waals surface area contributed by atoms with Gasteiger partial charge in [0.15, 0.2) is 5.54 Å². The van der Waals surface area contributed by atoms with Crippen LogP contribution in [0.2, 0.25) is 0 Å². The Morgan fingerprint density at radius 2 is 1.80 bits per heavy atom. The van der Waals surface area contributed by atoms with E-state index in [-0.39, 0.29) is 0 Å². The van der Waals surface area contributed by atoms with Gasteiger partial charge in [-0.2, -0.15) is 0 Å². The van der Waals surface area contributed by atoms with Crippen molar-refractivity contribution >= 4 is 34.8 Å². The standard InChI is InChI=1S/C22H24N2O5S/c1-3-12-7-5-8-13(4-2)18(12)24-19(26)15-16(20(24)27)22(11-25,21(28)29)23-17(15)14-9-6-10-30-14/h5-10,15-17,23,25H,3-4,11H2,1-2H3,(H,28,29). The molecular weight excluding hydrogens is 404 g/mol. The molecule has 2 aliphatic heterocycles. The summed E-state index contributed by atoms with van der Waals surface area (Å²) < 4.78 is 0. The van der Waals surface area contributed by atoms with Crippen molar-refractivity contribution in [3.63, 3.8) is 0 Å². The fourth-order valence-corrected chi connectivity index (χ4v) is 5.67. The van der Waals surface area contributed by atoms with E-state index < -0.39 is 47.8 Å². The summed E-state index contributed by atoms with van der Waals surface area (Å²) in [4.78, 5) is 41.5. The summed E-state index contributed by atoms with van der Waals surface area (Å²) in [6.45, 7) is 3.12. The van der Waals surface area contributed by atoms with E-state index in [0.717, 1.165) is 16.0 Å². The molecular formula is C22H24N2O5S. The van der Waals surface area contributed by atoms with Gasteiger partial charge < -0.3 is 10.2 Å². The molecule has 1 aromatic carbocycles. The van der Waals surface area contributed by atoms with Crippen molar-refractivity contribution in [2.75, 3.05) is 11.5 Å². The Balaban J connectivity index is 1.90. The molecule has 0 spiro atoms. The van der Waals surface area contributed by atoms with E-state index in [1.54, 1.807) is 0 Å². The van der Waals surface area contributed by atoms with Crippen molar-refractivity contribution in [2.24, 2.45) is 11.8 Å². The molecule has 7 nitrogen and oxygen atoms in total. The lowest BCUT2D eigenvalue weighted by Crippen LogP contribution is -2.58. The number of thiophene rings is 1. The van der Waals surface area contributed by atoms with Crippen LogP contribution in [0.15, 0.2) is 35.7 Å². The molecule has 2 fully saturated rings. The van der Waals surface area contributed by atoms with Crippen LogP contribution in [0.1, 0.15) is 35.9 Å². The summed E-state index contributed by atoms with van der Waals surface area (Å²) in [7, 11) is 0. The van der Waals surface area contributed by atoms with E-state index in [4.69, 9.17) is 0 Å². The van der Waals surface area contributed by atoms with Crippen molar-refractivity contribution in [1.82, 2.24) is 5.32 Å². The predicted octanol–water partition coefficient (Wildman–Crippen LogP) is 2.14. The quantitative estimate of drug-likeness (QED) is 0.609. The normalized spacial score (nSPS) is 28.2. The summed E-state index contributed by atoms with van der Waals surface area (Å²) >= 11 is 1.39. The molecule has 4 unspecified atom stereocenters. The number of imide groups is 1. The smallest absolute Gasteiger partial charge is 0.327 e. The second kappa shape index (κ2) is 7.61. The molecule has 4 rings (SSSR count). The number of amides is 2. The van der Waals surface area contributed by atoms with Gasteiger partial charge in [-0.15, -0.1) is 11.3 Å². The number of benzene rings is 1. The minimum absolute atomic E-state index is 0.414. The number of carboxylic acid groups (broad SMARTS) is 1. The van der Waals surface area contributed by atoms with E-state index in [1.165, 1.54) is 16.2 Å². The van der Waals surface area contributed by atoms with Crippen LogP contribution in [0.5, 0.6) is 0 Å². The van der Waals surface area contributed by atoms with Crippen molar-refractivity contribution in [3.05, 3.63) is 51.7 Å². The predicted molar refractivity (Wildman–Crippen MR) is 112 cm³/mol. The maximum Gasteiger partial charge on any atom is 0.327 e. The molecule has 8 heteroatoms. The van der Waals surface area contributed by atoms with Crippen LogP contribution in [0.25, 0.3) is 0 Å². The minimum Gasteiger partial charge on any atom is -0.480 e. The average molecular weight is 429 g/mol. The highest BCUT2D eigenvalue weighted by molar-refractivity contribution is 7.10. The lowest BCUT2D eigenvalue weighted by molar-refractivity contribution is -0.150. The van der Waals surface area contributed by atoms with Gasteiger partial charge in [0.1, 0.15) is 0 Å². The monoisotopic (exact) mass is 428 g/mol. The first-order chi connectivity index (χ1) is 14.4. The highest BCUT2D eigenvalue weighted by Gasteiger charge is 2.69. The third kappa shape index (κ3) is 2.74. The van der Waals surface area contributed by atoms with E-state index >= 15 is 0 Å². The molecule has 0 radical (unpaired) electrons. The number of anilines is 1. The fraction of sp³-hybridized carbons (Fsp3) is 0.409. The number of fused-ring (bicyclic) bond motifs is 1. The van der Waals surface area contributed by atoms with E-state index in [1.807, 2.05) is 49.6 Å². The molecule has 2 saturated heterocycles. The van der Waals surface area contributed by atoms with Gasteiger partial charge in [-0.1, -0.05) is 38.1 Å². The largest absolute Gasteiger partial charge is 0.480 e. The van der Waals surface area contributed by atoms with Crippen LogP contribution < -0.4 is 10.2 Å². The molecule has 0 bridgehead atoms. The Morgan fingerprint density at radius 1 is 1.13 bits per heavy atom. The topological polar surface area (TPSA) is 107 Å². The van der Waals surface area contributed by atoms with Crippen LogP contribution in [0.3, 0.4) is 0 Å². The van der Waals surface area contributed by atoms with Crippen LogP contribution in [0, 0.1) is 11.8 Å². The summed E-state index contributed by atoms with van der Waals surface area (Å²) in [5, 5.41) is 24.9. The second-order valence-electron chi connectivity index (χ2n) is 7.72. The first-order valence-electron chi connectivity index (χ1n) is 10.0. The zero-order chi connectivity index (χ0) is 21.6. The minimum atomic E-state index is -1.91. The van der Waals surface area contributed by atoms with Gasteiger partial charge in [0.05, 0.1) is 30.2 Å².